The summed E-state index contributed by atoms with van der Waals surface area (Å²) in [6, 6.07) is 7.20. The van der Waals surface area contributed by atoms with E-state index < -0.39 is 5.60 Å². The third-order valence-electron chi connectivity index (χ3n) is 10.5. The van der Waals surface area contributed by atoms with Crippen molar-refractivity contribution in [1.29, 1.82) is 0 Å². The highest BCUT2D eigenvalue weighted by molar-refractivity contribution is 5.69. The summed E-state index contributed by atoms with van der Waals surface area (Å²) >= 11 is 0. The Morgan fingerprint density at radius 1 is 0.971 bits per heavy atom. The Morgan fingerprint density at radius 2 is 1.71 bits per heavy atom. The number of fused-ring (bicyclic) bond motifs is 5. The summed E-state index contributed by atoms with van der Waals surface area (Å²) in [5.41, 5.74) is 0.588. The van der Waals surface area contributed by atoms with E-state index in [1.54, 1.807) is 12.1 Å². The lowest BCUT2D eigenvalue weighted by Crippen LogP contribution is -2.56. The molecule has 0 aromatic heterocycles. The smallest absolute Gasteiger partial charge is 0.308 e. The van der Waals surface area contributed by atoms with Crippen molar-refractivity contribution in [1.82, 2.24) is 0 Å². The first-order valence-electron chi connectivity index (χ1n) is 13.2. The Bertz CT molecular complexity index is 989. The average molecular weight is 465 g/mol. The van der Waals surface area contributed by atoms with E-state index in [9.17, 15) is 9.90 Å². The minimum atomic E-state index is -0.913. The zero-order chi connectivity index (χ0) is 24.1. The van der Waals surface area contributed by atoms with Crippen molar-refractivity contribution in [2.24, 2.45) is 34.5 Å². The number of rotatable bonds is 2. The molecule has 0 saturated heterocycles. The maximum atomic E-state index is 11.5. The first-order valence-corrected chi connectivity index (χ1v) is 13.2. The molecule has 4 aliphatic rings. The van der Waals surface area contributed by atoms with E-state index in [0.29, 0.717) is 28.6 Å². The molecule has 1 aromatic carbocycles. The van der Waals surface area contributed by atoms with Crippen molar-refractivity contribution < 1.29 is 19.4 Å². The van der Waals surface area contributed by atoms with E-state index in [-0.39, 0.29) is 5.97 Å². The summed E-state index contributed by atoms with van der Waals surface area (Å²) in [5, 5.41) is 11.5. The zero-order valence-electron chi connectivity index (χ0n) is 21.2. The molecule has 4 heteroatoms. The third kappa shape index (κ3) is 3.99. The summed E-state index contributed by atoms with van der Waals surface area (Å²) in [7, 11) is 1.90. The van der Waals surface area contributed by atoms with Gasteiger partial charge in [-0.05, 0) is 117 Å². The number of methoxy groups -OCH3 is 1. The number of ether oxygens (including phenoxy) is 2. The molecule has 184 valence electrons. The van der Waals surface area contributed by atoms with Crippen molar-refractivity contribution in [3.63, 3.8) is 0 Å². The monoisotopic (exact) mass is 464 g/mol. The highest BCUT2D eigenvalue weighted by Crippen LogP contribution is 2.67. The molecule has 8 atom stereocenters. The molecule has 0 spiro atoms. The van der Waals surface area contributed by atoms with Crippen LogP contribution in [0.4, 0.5) is 0 Å². The van der Waals surface area contributed by atoms with Gasteiger partial charge in [-0.3, -0.25) is 4.79 Å². The molecule has 4 aliphatic carbocycles. The fraction of sp³-hybridized carbons (Fsp3) is 0.700. The maximum absolute atomic E-state index is 11.5. The van der Waals surface area contributed by atoms with E-state index in [1.165, 1.54) is 45.4 Å². The van der Waals surface area contributed by atoms with Gasteiger partial charge < -0.3 is 14.6 Å². The predicted molar refractivity (Wildman–Crippen MR) is 132 cm³/mol. The Labute approximate surface area is 204 Å². The molecule has 1 aromatic rings. The third-order valence-corrected chi connectivity index (χ3v) is 10.5. The van der Waals surface area contributed by atoms with Crippen LogP contribution in [0.2, 0.25) is 0 Å². The van der Waals surface area contributed by atoms with Crippen LogP contribution < -0.4 is 4.74 Å². The second-order valence-electron chi connectivity index (χ2n) is 12.1. The molecule has 1 N–H and O–H groups in total. The lowest BCUT2D eigenvalue weighted by Gasteiger charge is -2.61. The molecule has 0 aliphatic heterocycles. The number of carbonyl (C=O) groups excluding carboxylic acids is 1. The number of hydrogen-bond acceptors (Lipinski definition) is 4. The van der Waals surface area contributed by atoms with Crippen LogP contribution >= 0.6 is 0 Å². The van der Waals surface area contributed by atoms with Crippen molar-refractivity contribution in [3.05, 3.63) is 29.8 Å². The Hall–Kier alpha value is -1.83. The normalized spacial score (nSPS) is 43.0. The average Bonchev–Trinajstić information content (AvgIpc) is 3.15. The largest absolute Gasteiger partial charge is 0.427 e. The molecule has 0 amide bonds. The predicted octanol–water partition coefficient (Wildman–Crippen LogP) is 5.75. The molecule has 34 heavy (non-hydrogen) atoms. The van der Waals surface area contributed by atoms with Gasteiger partial charge in [0.05, 0.1) is 6.10 Å². The number of aliphatic hydroxyl groups is 1. The molecule has 4 fully saturated rings. The number of hydrogen-bond donors (Lipinski definition) is 1. The minimum absolute atomic E-state index is 0.314. The molecule has 4 nitrogen and oxygen atoms in total. The first-order chi connectivity index (χ1) is 16.2. The lowest BCUT2D eigenvalue weighted by atomic mass is 9.44. The number of esters is 1. The van der Waals surface area contributed by atoms with E-state index in [2.05, 4.69) is 25.7 Å². The Kier molecular flexibility index (Phi) is 6.10. The van der Waals surface area contributed by atoms with Crippen LogP contribution in [-0.2, 0) is 9.53 Å². The topological polar surface area (TPSA) is 55.8 Å². The van der Waals surface area contributed by atoms with E-state index in [0.717, 1.165) is 42.6 Å². The fourth-order valence-corrected chi connectivity index (χ4v) is 8.66. The maximum Gasteiger partial charge on any atom is 0.308 e. The molecule has 3 unspecified atom stereocenters. The van der Waals surface area contributed by atoms with Crippen molar-refractivity contribution in [2.75, 3.05) is 7.11 Å². The van der Waals surface area contributed by atoms with Gasteiger partial charge in [-0.25, -0.2) is 0 Å². The highest BCUT2D eigenvalue weighted by Gasteiger charge is 2.61. The molecule has 0 radical (unpaired) electrons. The van der Waals surface area contributed by atoms with Gasteiger partial charge in [0, 0.05) is 19.6 Å². The molecular formula is C30H40O4. The van der Waals surface area contributed by atoms with Crippen LogP contribution in [0.3, 0.4) is 0 Å². The van der Waals surface area contributed by atoms with Crippen molar-refractivity contribution >= 4 is 5.97 Å². The first kappa shape index (κ1) is 23.9. The van der Waals surface area contributed by atoms with Gasteiger partial charge in [0.1, 0.15) is 11.4 Å². The van der Waals surface area contributed by atoms with Crippen LogP contribution in [0.1, 0.15) is 84.1 Å². The molecule has 0 bridgehead atoms. The highest BCUT2D eigenvalue weighted by atomic mass is 16.5. The summed E-state index contributed by atoms with van der Waals surface area (Å²) in [4.78, 5) is 11.1. The van der Waals surface area contributed by atoms with E-state index in [4.69, 9.17) is 9.47 Å². The van der Waals surface area contributed by atoms with E-state index in [1.807, 2.05) is 19.2 Å². The van der Waals surface area contributed by atoms with Gasteiger partial charge >= 0.3 is 5.97 Å². The Morgan fingerprint density at radius 3 is 2.41 bits per heavy atom. The summed E-state index contributed by atoms with van der Waals surface area (Å²) in [5.74, 6) is 9.53. The molecule has 4 saturated carbocycles. The van der Waals surface area contributed by atoms with Gasteiger partial charge in [0.2, 0.25) is 0 Å². The van der Waals surface area contributed by atoms with Gasteiger partial charge in [-0.15, -0.1) is 0 Å². The summed E-state index contributed by atoms with van der Waals surface area (Å²) in [6.07, 6.45) is 10.7. The van der Waals surface area contributed by atoms with Crippen LogP contribution in [0, 0.1) is 46.3 Å². The standard InChI is InChI=1S/C30H40O4/c1-20(31)34-23-8-5-21(6-9-23)13-16-30(32)18-17-28(2)22(19-30)7-10-24-25-11-12-27(33-4)29(25,3)15-14-26(24)28/h5-6,8-9,22,24-27,32H,7,10-12,14-15,17-19H2,1-4H3/t22?,24-,25-,26+,27?,28-,29-,30?/m0/s1. The van der Waals surface area contributed by atoms with Crippen LogP contribution in [0.15, 0.2) is 24.3 Å². The van der Waals surface area contributed by atoms with Gasteiger partial charge in [0.25, 0.3) is 0 Å². The van der Waals surface area contributed by atoms with Crippen molar-refractivity contribution in [3.8, 4) is 17.6 Å². The Balaban J connectivity index is 1.29. The quantitative estimate of drug-likeness (QED) is 0.344. The van der Waals surface area contributed by atoms with Crippen LogP contribution in [0.25, 0.3) is 0 Å². The second-order valence-corrected chi connectivity index (χ2v) is 12.1. The SMILES string of the molecule is COC1CC[C@H]2[C@@H]3CCC4CC(O)(C#Cc5ccc(OC(C)=O)cc5)CC[C@]4(C)[C@@H]3CC[C@]12C. The minimum Gasteiger partial charge on any atom is -0.427 e. The fourth-order valence-electron chi connectivity index (χ4n) is 8.66. The van der Waals surface area contributed by atoms with Gasteiger partial charge in [-0.1, -0.05) is 25.7 Å². The molecule has 0 heterocycles. The lowest BCUT2D eigenvalue weighted by molar-refractivity contribution is -0.146. The van der Waals surface area contributed by atoms with Crippen LogP contribution in [-0.4, -0.2) is 29.9 Å². The zero-order valence-corrected chi connectivity index (χ0v) is 21.2. The van der Waals surface area contributed by atoms with Crippen LogP contribution in [0.5, 0.6) is 5.75 Å². The van der Waals surface area contributed by atoms with Crippen molar-refractivity contribution in [2.45, 2.75) is 90.3 Å². The summed E-state index contributed by atoms with van der Waals surface area (Å²) in [6.45, 7) is 6.42. The second kappa shape index (κ2) is 8.68. The van der Waals surface area contributed by atoms with Gasteiger partial charge in [-0.2, -0.15) is 0 Å². The summed E-state index contributed by atoms with van der Waals surface area (Å²) < 4.78 is 11.0. The molecular weight excluding hydrogens is 424 g/mol. The van der Waals surface area contributed by atoms with E-state index >= 15 is 0 Å². The molecule has 5 rings (SSSR count). The number of carbonyl (C=O) groups is 1. The number of benzene rings is 1. The van der Waals surface area contributed by atoms with Gasteiger partial charge in [0.15, 0.2) is 0 Å².